The van der Waals surface area contributed by atoms with E-state index >= 15 is 0 Å². The molecule has 6 heteroatoms. The molecule has 1 aromatic carbocycles. The summed E-state index contributed by atoms with van der Waals surface area (Å²) in [7, 11) is 1.26. The van der Waals surface area contributed by atoms with Gasteiger partial charge in [-0.15, -0.1) is 0 Å². The van der Waals surface area contributed by atoms with Crippen molar-refractivity contribution in [3.8, 4) is 0 Å². The molecule has 1 saturated heterocycles. The third kappa shape index (κ3) is 2.96. The number of carbonyl (C=O) groups is 2. The maximum atomic E-state index is 13.8. The Hall–Kier alpha value is -1.95. The monoisotopic (exact) mass is 281 g/mol. The fourth-order valence-electron chi connectivity index (χ4n) is 2.07. The number of hydrogen-bond donors (Lipinski definition) is 0. The van der Waals surface area contributed by atoms with Crippen LogP contribution in [0.4, 0.5) is 4.39 Å². The molecule has 1 aliphatic rings. The minimum absolute atomic E-state index is 0.00103. The molecule has 1 fully saturated rings. The zero-order chi connectivity index (χ0) is 14.7. The largest absolute Gasteiger partial charge is 0.467 e. The quantitative estimate of drug-likeness (QED) is 0.763. The number of carbonyl (C=O) groups excluding carboxylic acids is 2. The van der Waals surface area contributed by atoms with Crippen LogP contribution in [0.5, 0.6) is 0 Å². The molecule has 0 N–H and O–H groups in total. The van der Waals surface area contributed by atoms with Crippen LogP contribution in [0.1, 0.15) is 15.9 Å². The highest BCUT2D eigenvalue weighted by Crippen LogP contribution is 2.15. The molecule has 1 amide bonds. The first-order valence-corrected chi connectivity index (χ1v) is 6.27. The zero-order valence-electron chi connectivity index (χ0n) is 11.4. The van der Waals surface area contributed by atoms with E-state index in [0.29, 0.717) is 6.54 Å². The van der Waals surface area contributed by atoms with E-state index in [9.17, 15) is 14.0 Å². The van der Waals surface area contributed by atoms with E-state index in [-0.39, 0.29) is 18.7 Å². The van der Waals surface area contributed by atoms with Crippen molar-refractivity contribution in [1.82, 2.24) is 4.90 Å². The van der Waals surface area contributed by atoms with Crippen LogP contribution in [0.15, 0.2) is 18.2 Å². The van der Waals surface area contributed by atoms with Crippen molar-refractivity contribution in [2.45, 2.75) is 13.0 Å². The normalized spacial score (nSPS) is 18.8. The summed E-state index contributed by atoms with van der Waals surface area (Å²) in [6, 6.07) is 4.44. The van der Waals surface area contributed by atoms with Crippen molar-refractivity contribution >= 4 is 11.9 Å². The highest BCUT2D eigenvalue weighted by Gasteiger charge is 2.31. The van der Waals surface area contributed by atoms with Gasteiger partial charge in [-0.2, -0.15) is 0 Å². The van der Waals surface area contributed by atoms with Crippen LogP contribution in [0, 0.1) is 12.7 Å². The highest BCUT2D eigenvalue weighted by molar-refractivity contribution is 5.95. The number of morpholine rings is 1. The van der Waals surface area contributed by atoms with E-state index in [1.165, 1.54) is 24.1 Å². The van der Waals surface area contributed by atoms with Gasteiger partial charge in [0.1, 0.15) is 5.82 Å². The molecule has 20 heavy (non-hydrogen) atoms. The summed E-state index contributed by atoms with van der Waals surface area (Å²) >= 11 is 0. The number of amides is 1. The van der Waals surface area contributed by atoms with E-state index in [2.05, 4.69) is 4.74 Å². The fraction of sp³-hybridized carbons (Fsp3) is 0.429. The number of ether oxygens (including phenoxy) is 2. The summed E-state index contributed by atoms with van der Waals surface area (Å²) in [5.41, 5.74) is 0.745. The van der Waals surface area contributed by atoms with Crippen LogP contribution >= 0.6 is 0 Å². The summed E-state index contributed by atoms with van der Waals surface area (Å²) in [5, 5.41) is 0. The van der Waals surface area contributed by atoms with E-state index < -0.39 is 23.8 Å². The van der Waals surface area contributed by atoms with E-state index in [4.69, 9.17) is 4.74 Å². The summed E-state index contributed by atoms with van der Waals surface area (Å²) in [5.74, 6) is -1.54. The van der Waals surface area contributed by atoms with Gasteiger partial charge in [-0.3, -0.25) is 4.79 Å². The average molecular weight is 281 g/mol. The first-order chi connectivity index (χ1) is 9.52. The Balaban J connectivity index is 2.14. The van der Waals surface area contributed by atoms with E-state index in [1.807, 2.05) is 0 Å². The molecule has 0 radical (unpaired) electrons. The lowest BCUT2D eigenvalue weighted by Gasteiger charge is -2.31. The summed E-state index contributed by atoms with van der Waals surface area (Å²) < 4.78 is 23.6. The number of hydrogen-bond acceptors (Lipinski definition) is 4. The summed E-state index contributed by atoms with van der Waals surface area (Å²) in [6.07, 6.45) is -0.814. The fourth-order valence-corrected chi connectivity index (χ4v) is 2.07. The van der Waals surface area contributed by atoms with Gasteiger partial charge in [0.2, 0.25) is 0 Å². The predicted octanol–water partition coefficient (Wildman–Crippen LogP) is 1.15. The molecule has 1 heterocycles. The van der Waals surface area contributed by atoms with Crippen molar-refractivity contribution in [3.05, 3.63) is 35.1 Å². The van der Waals surface area contributed by atoms with Crippen molar-refractivity contribution in [2.24, 2.45) is 0 Å². The molecule has 0 bridgehead atoms. The summed E-state index contributed by atoms with van der Waals surface area (Å²) in [6.45, 7) is 2.36. The molecule has 1 aliphatic heterocycles. The molecule has 1 atom stereocenters. The van der Waals surface area contributed by atoms with Gasteiger partial charge in [-0.1, -0.05) is 6.07 Å². The SMILES string of the molecule is COC(=O)C1CN(C(=O)c2ccc(C)cc2F)CCO1. The number of nitrogens with zero attached hydrogens (tertiary/aromatic N) is 1. The smallest absolute Gasteiger partial charge is 0.336 e. The van der Waals surface area contributed by atoms with E-state index in [0.717, 1.165) is 5.56 Å². The second-order valence-electron chi connectivity index (χ2n) is 4.62. The molecular formula is C14H16FNO4. The lowest BCUT2D eigenvalue weighted by molar-refractivity contribution is -0.158. The van der Waals surface area contributed by atoms with Crippen LogP contribution in [0.25, 0.3) is 0 Å². The van der Waals surface area contributed by atoms with Gasteiger partial charge < -0.3 is 14.4 Å². The predicted molar refractivity (Wildman–Crippen MR) is 68.8 cm³/mol. The molecule has 1 aromatic rings. The minimum atomic E-state index is -0.814. The van der Waals surface area contributed by atoms with Gasteiger partial charge in [0.15, 0.2) is 6.10 Å². The Labute approximate surface area is 116 Å². The Morgan fingerprint density at radius 3 is 2.85 bits per heavy atom. The zero-order valence-corrected chi connectivity index (χ0v) is 11.4. The Bertz CT molecular complexity index is 532. The minimum Gasteiger partial charge on any atom is -0.467 e. The Morgan fingerprint density at radius 1 is 1.45 bits per heavy atom. The van der Waals surface area contributed by atoms with Crippen LogP contribution in [0.3, 0.4) is 0 Å². The van der Waals surface area contributed by atoms with Crippen molar-refractivity contribution < 1.29 is 23.5 Å². The molecule has 0 aliphatic carbocycles. The molecule has 0 aromatic heterocycles. The van der Waals surface area contributed by atoms with Gasteiger partial charge in [0.05, 0.1) is 25.8 Å². The average Bonchev–Trinajstić information content (AvgIpc) is 2.46. The van der Waals surface area contributed by atoms with Crippen molar-refractivity contribution in [3.63, 3.8) is 0 Å². The van der Waals surface area contributed by atoms with E-state index in [1.54, 1.807) is 13.0 Å². The topological polar surface area (TPSA) is 55.8 Å². The number of halogens is 1. The van der Waals surface area contributed by atoms with Crippen molar-refractivity contribution in [2.75, 3.05) is 26.8 Å². The highest BCUT2D eigenvalue weighted by atomic mass is 19.1. The molecular weight excluding hydrogens is 265 g/mol. The Kier molecular flexibility index (Phi) is 4.34. The van der Waals surface area contributed by atoms with Gasteiger partial charge >= 0.3 is 5.97 Å². The van der Waals surface area contributed by atoms with Gasteiger partial charge in [-0.05, 0) is 24.6 Å². The first-order valence-electron chi connectivity index (χ1n) is 6.27. The third-order valence-electron chi connectivity index (χ3n) is 3.17. The lowest BCUT2D eigenvalue weighted by Crippen LogP contribution is -2.49. The maximum absolute atomic E-state index is 13.8. The maximum Gasteiger partial charge on any atom is 0.336 e. The molecule has 1 unspecified atom stereocenters. The molecule has 108 valence electrons. The molecule has 2 rings (SSSR count). The van der Waals surface area contributed by atoms with Crippen LogP contribution < -0.4 is 0 Å². The molecule has 0 spiro atoms. The number of rotatable bonds is 2. The number of esters is 1. The first kappa shape index (κ1) is 14.5. The number of methoxy groups -OCH3 is 1. The van der Waals surface area contributed by atoms with Gasteiger partial charge in [-0.25, -0.2) is 9.18 Å². The van der Waals surface area contributed by atoms with Gasteiger partial charge in [0, 0.05) is 6.54 Å². The molecule has 0 saturated carbocycles. The Morgan fingerprint density at radius 2 is 2.20 bits per heavy atom. The van der Waals surface area contributed by atoms with Crippen LogP contribution in [-0.2, 0) is 14.3 Å². The second kappa shape index (κ2) is 6.00. The van der Waals surface area contributed by atoms with Crippen LogP contribution in [0.2, 0.25) is 0 Å². The second-order valence-corrected chi connectivity index (χ2v) is 4.62. The lowest BCUT2D eigenvalue weighted by atomic mass is 10.1. The van der Waals surface area contributed by atoms with Gasteiger partial charge in [0.25, 0.3) is 5.91 Å². The summed E-state index contributed by atoms with van der Waals surface area (Å²) in [4.78, 5) is 25.1. The third-order valence-corrected chi connectivity index (χ3v) is 3.17. The number of benzene rings is 1. The molecule has 5 nitrogen and oxygen atoms in total. The van der Waals surface area contributed by atoms with Crippen LogP contribution in [-0.4, -0.2) is 49.7 Å². The number of aryl methyl sites for hydroxylation is 1. The van der Waals surface area contributed by atoms with Crippen molar-refractivity contribution in [1.29, 1.82) is 0 Å². The standard InChI is InChI=1S/C14H16FNO4/c1-9-3-4-10(11(15)7-9)13(17)16-5-6-20-12(8-16)14(18)19-2/h3-4,7,12H,5-6,8H2,1-2H3.